The molecule has 1 aromatic carbocycles. The number of fused-ring (bicyclic) bond motifs is 1. The number of aromatic nitrogens is 4. The van der Waals surface area contributed by atoms with E-state index in [2.05, 4.69) is 53.2 Å². The number of nitrogens with one attached hydrogen (secondary N) is 3. The summed E-state index contributed by atoms with van der Waals surface area (Å²) in [4.78, 5) is 16.1. The number of hydrogen-bond donors (Lipinski definition) is 3. The van der Waals surface area contributed by atoms with Crippen LogP contribution in [-0.2, 0) is 0 Å². The van der Waals surface area contributed by atoms with Gasteiger partial charge in [0.15, 0.2) is 11.5 Å². The van der Waals surface area contributed by atoms with Crippen LogP contribution in [0.3, 0.4) is 0 Å². The number of rotatable bonds is 4. The van der Waals surface area contributed by atoms with Crippen LogP contribution in [-0.4, -0.2) is 26.5 Å². The van der Waals surface area contributed by atoms with E-state index in [-0.39, 0.29) is 0 Å². The van der Waals surface area contributed by atoms with Crippen molar-refractivity contribution in [1.82, 2.24) is 19.9 Å². The number of H-pyrrole nitrogens is 1. The highest BCUT2D eigenvalue weighted by molar-refractivity contribution is 14.1. The summed E-state index contributed by atoms with van der Waals surface area (Å²) < 4.78 is 1.19. The third-order valence-corrected chi connectivity index (χ3v) is 3.45. The zero-order valence-electron chi connectivity index (χ0n) is 10.8. The Labute approximate surface area is 129 Å². The minimum Gasteiger partial charge on any atom is -0.354 e. The topological polar surface area (TPSA) is 78.5 Å². The van der Waals surface area contributed by atoms with Crippen molar-refractivity contribution in [3.63, 3.8) is 0 Å². The Morgan fingerprint density at radius 1 is 1.20 bits per heavy atom. The molecule has 0 amide bonds. The highest BCUT2D eigenvalue weighted by Gasteiger charge is 2.09. The first-order valence-electron chi connectivity index (χ1n) is 6.24. The second-order valence-electron chi connectivity index (χ2n) is 4.16. The molecule has 0 saturated carbocycles. The largest absolute Gasteiger partial charge is 0.354 e. The minimum absolute atomic E-state index is 0.570. The maximum Gasteiger partial charge on any atom is 0.226 e. The average molecular weight is 380 g/mol. The van der Waals surface area contributed by atoms with Crippen LogP contribution in [0, 0.1) is 3.57 Å². The van der Waals surface area contributed by atoms with E-state index in [1.807, 2.05) is 31.2 Å². The molecule has 0 unspecified atom stereocenters. The molecule has 0 radical (unpaired) electrons. The van der Waals surface area contributed by atoms with Crippen molar-refractivity contribution < 1.29 is 0 Å². The third-order valence-electron chi connectivity index (χ3n) is 2.73. The average Bonchev–Trinajstić information content (AvgIpc) is 2.90. The van der Waals surface area contributed by atoms with Crippen molar-refractivity contribution in [2.24, 2.45) is 0 Å². The van der Waals surface area contributed by atoms with Crippen molar-refractivity contribution in [3.8, 4) is 0 Å². The lowest BCUT2D eigenvalue weighted by Gasteiger charge is -2.08. The van der Waals surface area contributed by atoms with E-state index in [9.17, 15) is 0 Å². The Morgan fingerprint density at radius 2 is 2.00 bits per heavy atom. The molecule has 0 spiro atoms. The summed E-state index contributed by atoms with van der Waals surface area (Å²) in [6, 6.07) is 8.11. The van der Waals surface area contributed by atoms with Gasteiger partial charge in [-0.25, -0.2) is 4.98 Å². The maximum atomic E-state index is 4.47. The van der Waals surface area contributed by atoms with Gasteiger partial charge in [0.25, 0.3) is 0 Å². The first-order valence-corrected chi connectivity index (χ1v) is 7.31. The molecule has 102 valence electrons. The van der Waals surface area contributed by atoms with Gasteiger partial charge in [-0.15, -0.1) is 0 Å². The standard InChI is InChI=1S/C13H13IN6/c1-2-15-13-19-11-10(16-7-17-11)12(20-13)18-9-5-3-8(14)4-6-9/h3-7H,2H2,1H3,(H3,15,16,17,18,19,20). The SMILES string of the molecule is CCNc1nc(Nc2ccc(I)cc2)c2[nH]cnc2n1. The lowest BCUT2D eigenvalue weighted by Crippen LogP contribution is -2.05. The summed E-state index contributed by atoms with van der Waals surface area (Å²) >= 11 is 2.28. The predicted octanol–water partition coefficient (Wildman–Crippen LogP) is 3.13. The van der Waals surface area contributed by atoms with E-state index >= 15 is 0 Å². The number of anilines is 3. The molecule has 20 heavy (non-hydrogen) atoms. The van der Waals surface area contributed by atoms with Crippen molar-refractivity contribution in [3.05, 3.63) is 34.2 Å². The van der Waals surface area contributed by atoms with E-state index in [1.165, 1.54) is 3.57 Å². The first-order chi connectivity index (χ1) is 9.76. The van der Waals surface area contributed by atoms with E-state index in [1.54, 1.807) is 6.33 Å². The number of halogens is 1. The highest BCUT2D eigenvalue weighted by Crippen LogP contribution is 2.23. The Balaban J connectivity index is 2.00. The molecule has 3 rings (SSSR count). The minimum atomic E-state index is 0.570. The zero-order chi connectivity index (χ0) is 13.9. The smallest absolute Gasteiger partial charge is 0.226 e. The van der Waals surface area contributed by atoms with E-state index in [0.717, 1.165) is 17.7 Å². The van der Waals surface area contributed by atoms with Gasteiger partial charge in [0.05, 0.1) is 6.33 Å². The van der Waals surface area contributed by atoms with Crippen molar-refractivity contribution in [1.29, 1.82) is 0 Å². The number of benzene rings is 1. The molecule has 0 aliphatic carbocycles. The van der Waals surface area contributed by atoms with Gasteiger partial charge in [-0.1, -0.05) is 0 Å². The van der Waals surface area contributed by atoms with Gasteiger partial charge in [-0.3, -0.25) is 0 Å². The van der Waals surface area contributed by atoms with Gasteiger partial charge in [-0.2, -0.15) is 9.97 Å². The van der Waals surface area contributed by atoms with Crippen LogP contribution in [0.15, 0.2) is 30.6 Å². The predicted molar refractivity (Wildman–Crippen MR) is 88.3 cm³/mol. The zero-order valence-corrected chi connectivity index (χ0v) is 13.0. The second kappa shape index (κ2) is 5.61. The fourth-order valence-electron chi connectivity index (χ4n) is 1.83. The highest BCUT2D eigenvalue weighted by atomic mass is 127. The van der Waals surface area contributed by atoms with Crippen LogP contribution >= 0.6 is 22.6 Å². The summed E-state index contributed by atoms with van der Waals surface area (Å²) in [5.41, 5.74) is 2.41. The molecular formula is C13H13IN6. The van der Waals surface area contributed by atoms with Crippen LogP contribution in [0.25, 0.3) is 11.2 Å². The lowest BCUT2D eigenvalue weighted by atomic mass is 10.3. The molecule has 0 saturated heterocycles. The van der Waals surface area contributed by atoms with Crippen LogP contribution in [0.1, 0.15) is 6.92 Å². The van der Waals surface area contributed by atoms with Crippen molar-refractivity contribution >= 4 is 51.2 Å². The lowest BCUT2D eigenvalue weighted by molar-refractivity contribution is 1.10. The Hall–Kier alpha value is -1.90. The summed E-state index contributed by atoms with van der Waals surface area (Å²) in [6.45, 7) is 2.77. The van der Waals surface area contributed by atoms with Crippen LogP contribution < -0.4 is 10.6 Å². The van der Waals surface area contributed by atoms with Crippen LogP contribution in [0.5, 0.6) is 0 Å². The first kappa shape index (κ1) is 13.1. The van der Waals surface area contributed by atoms with Crippen LogP contribution in [0.4, 0.5) is 17.5 Å². The number of imidazole rings is 1. The van der Waals surface area contributed by atoms with Gasteiger partial charge >= 0.3 is 0 Å². The Kier molecular flexibility index (Phi) is 3.68. The second-order valence-corrected chi connectivity index (χ2v) is 5.40. The van der Waals surface area contributed by atoms with Gasteiger partial charge in [0.1, 0.15) is 5.52 Å². The molecule has 3 N–H and O–H groups in total. The molecule has 0 aliphatic rings. The molecule has 3 aromatic rings. The molecular weight excluding hydrogens is 367 g/mol. The van der Waals surface area contributed by atoms with Gasteiger partial charge in [-0.05, 0) is 53.8 Å². The van der Waals surface area contributed by atoms with Crippen molar-refractivity contribution in [2.45, 2.75) is 6.92 Å². The maximum absolute atomic E-state index is 4.47. The molecule has 6 nitrogen and oxygen atoms in total. The monoisotopic (exact) mass is 380 g/mol. The summed E-state index contributed by atoms with van der Waals surface area (Å²) in [7, 11) is 0. The van der Waals surface area contributed by atoms with Gasteiger partial charge < -0.3 is 15.6 Å². The Bertz CT molecular complexity index is 721. The van der Waals surface area contributed by atoms with Crippen LogP contribution in [0.2, 0.25) is 0 Å². The molecule has 2 heterocycles. The molecule has 0 aliphatic heterocycles. The molecule has 0 bridgehead atoms. The van der Waals surface area contributed by atoms with E-state index < -0.39 is 0 Å². The molecule has 0 atom stereocenters. The van der Waals surface area contributed by atoms with Crippen molar-refractivity contribution in [2.75, 3.05) is 17.2 Å². The normalized spacial score (nSPS) is 10.7. The fraction of sp³-hybridized carbons (Fsp3) is 0.154. The summed E-state index contributed by atoms with van der Waals surface area (Å²) in [6.07, 6.45) is 1.62. The number of nitrogens with zero attached hydrogens (tertiary/aromatic N) is 3. The third kappa shape index (κ3) is 2.67. The van der Waals surface area contributed by atoms with Gasteiger partial charge in [0.2, 0.25) is 5.95 Å². The van der Waals surface area contributed by atoms with E-state index in [0.29, 0.717) is 17.4 Å². The molecule has 7 heteroatoms. The quantitative estimate of drug-likeness (QED) is 0.607. The fourth-order valence-corrected chi connectivity index (χ4v) is 2.19. The molecule has 2 aromatic heterocycles. The summed E-state index contributed by atoms with van der Waals surface area (Å²) in [5.74, 6) is 1.28. The number of hydrogen-bond acceptors (Lipinski definition) is 5. The van der Waals surface area contributed by atoms with Gasteiger partial charge in [0, 0.05) is 15.8 Å². The number of aromatic amines is 1. The van der Waals surface area contributed by atoms with E-state index in [4.69, 9.17) is 0 Å². The Morgan fingerprint density at radius 3 is 2.75 bits per heavy atom. The summed E-state index contributed by atoms with van der Waals surface area (Å²) in [5, 5.41) is 6.40. The molecule has 0 fully saturated rings.